The van der Waals surface area contributed by atoms with Crippen LogP contribution in [0.2, 0.25) is 5.02 Å². The Labute approximate surface area is 188 Å². The van der Waals surface area contributed by atoms with E-state index < -0.39 is 15.8 Å². The number of sulfonamides is 1. The first kappa shape index (κ1) is 21.9. The first-order valence-electron chi connectivity index (χ1n) is 9.61. The van der Waals surface area contributed by atoms with Gasteiger partial charge in [-0.1, -0.05) is 41.9 Å². The summed E-state index contributed by atoms with van der Waals surface area (Å²) < 4.78 is 40.2. The molecule has 1 aliphatic rings. The normalized spacial score (nSPS) is 15.7. The summed E-state index contributed by atoms with van der Waals surface area (Å²) in [6.07, 6.45) is 0.772. The highest BCUT2D eigenvalue weighted by atomic mass is 35.5. The summed E-state index contributed by atoms with van der Waals surface area (Å²) in [4.78, 5) is 17.1. The highest BCUT2D eigenvalue weighted by Crippen LogP contribution is 2.29. The maximum atomic E-state index is 13.4. The van der Waals surface area contributed by atoms with Gasteiger partial charge in [-0.25, -0.2) is 17.8 Å². The lowest BCUT2D eigenvalue weighted by molar-refractivity contribution is -0.120. The topological polar surface area (TPSA) is 79.4 Å². The van der Waals surface area contributed by atoms with Crippen molar-refractivity contribution in [2.45, 2.75) is 17.7 Å². The van der Waals surface area contributed by atoms with Crippen LogP contribution in [0.25, 0.3) is 11.3 Å². The Morgan fingerprint density at radius 1 is 1.16 bits per heavy atom. The molecule has 3 aromatic rings. The zero-order valence-corrected chi connectivity index (χ0v) is 18.7. The number of aromatic nitrogens is 1. The van der Waals surface area contributed by atoms with Crippen LogP contribution >= 0.6 is 22.9 Å². The maximum Gasteiger partial charge on any atom is 0.243 e. The third-order valence-corrected chi connectivity index (χ3v) is 8.10. The number of halogens is 2. The number of nitrogens with one attached hydrogen (secondary N) is 1. The number of carbonyl (C=O) groups is 1. The van der Waals surface area contributed by atoms with Crippen molar-refractivity contribution in [3.8, 4) is 11.3 Å². The molecule has 2 aromatic carbocycles. The zero-order chi connectivity index (χ0) is 22.0. The Kier molecular flexibility index (Phi) is 6.38. The number of carbonyl (C=O) groups excluding carboxylic acids is 1. The molecule has 0 aliphatic carbocycles. The second kappa shape index (κ2) is 9.04. The van der Waals surface area contributed by atoms with Gasteiger partial charge in [0, 0.05) is 30.0 Å². The van der Waals surface area contributed by atoms with Gasteiger partial charge in [0.15, 0.2) is 5.13 Å². The van der Waals surface area contributed by atoms with Crippen molar-refractivity contribution in [1.82, 2.24) is 9.29 Å². The molecule has 31 heavy (non-hydrogen) atoms. The summed E-state index contributed by atoms with van der Waals surface area (Å²) in [5.41, 5.74) is 1.76. The summed E-state index contributed by atoms with van der Waals surface area (Å²) >= 11 is 7.07. The molecule has 1 amide bonds. The molecule has 1 aliphatic heterocycles. The minimum absolute atomic E-state index is 0.0574. The minimum Gasteiger partial charge on any atom is -0.302 e. The van der Waals surface area contributed by atoms with Crippen LogP contribution in [0.1, 0.15) is 12.8 Å². The van der Waals surface area contributed by atoms with Crippen molar-refractivity contribution in [3.63, 3.8) is 0 Å². The smallest absolute Gasteiger partial charge is 0.243 e. The third-order valence-electron chi connectivity index (χ3n) is 5.16. The molecule has 1 saturated heterocycles. The van der Waals surface area contributed by atoms with Gasteiger partial charge in [0.1, 0.15) is 5.82 Å². The molecular weight excluding hydrogens is 461 g/mol. The fourth-order valence-corrected chi connectivity index (χ4v) is 5.89. The molecule has 6 nitrogen and oxygen atoms in total. The van der Waals surface area contributed by atoms with Gasteiger partial charge in [0.05, 0.1) is 15.6 Å². The zero-order valence-electron chi connectivity index (χ0n) is 16.3. The Morgan fingerprint density at radius 3 is 2.55 bits per heavy atom. The predicted octanol–water partition coefficient (Wildman–Crippen LogP) is 4.64. The van der Waals surface area contributed by atoms with Crippen molar-refractivity contribution in [2.75, 3.05) is 18.4 Å². The molecule has 0 radical (unpaired) electrons. The number of amides is 1. The lowest BCUT2D eigenvalue weighted by atomic mass is 9.97. The first-order chi connectivity index (χ1) is 14.8. The first-order valence-corrected chi connectivity index (χ1v) is 12.3. The largest absolute Gasteiger partial charge is 0.302 e. The lowest BCUT2D eigenvalue weighted by Gasteiger charge is -2.30. The Morgan fingerprint density at radius 2 is 1.87 bits per heavy atom. The second-order valence-electron chi connectivity index (χ2n) is 7.15. The lowest BCUT2D eigenvalue weighted by Crippen LogP contribution is -2.41. The summed E-state index contributed by atoms with van der Waals surface area (Å²) in [7, 11) is -3.80. The number of benzene rings is 2. The van der Waals surface area contributed by atoms with Gasteiger partial charge >= 0.3 is 0 Å². The third kappa shape index (κ3) is 4.79. The Hall–Kier alpha value is -2.33. The average molecular weight is 480 g/mol. The van der Waals surface area contributed by atoms with E-state index >= 15 is 0 Å². The number of anilines is 1. The molecule has 4 rings (SSSR count). The number of hydrogen-bond acceptors (Lipinski definition) is 5. The molecule has 0 unspecified atom stereocenters. The highest BCUT2D eigenvalue weighted by Gasteiger charge is 2.32. The van der Waals surface area contributed by atoms with Gasteiger partial charge < -0.3 is 5.32 Å². The molecule has 0 bridgehead atoms. The fourth-order valence-electron chi connectivity index (χ4n) is 3.42. The van der Waals surface area contributed by atoms with Gasteiger partial charge in [0.2, 0.25) is 15.9 Å². The fraction of sp³-hybridized carbons (Fsp3) is 0.238. The van der Waals surface area contributed by atoms with Crippen molar-refractivity contribution in [1.29, 1.82) is 0 Å². The Balaban J connectivity index is 1.37. The van der Waals surface area contributed by atoms with Crippen molar-refractivity contribution >= 4 is 44.0 Å². The quantitative estimate of drug-likeness (QED) is 0.578. The molecule has 0 atom stereocenters. The molecule has 0 spiro atoms. The number of hydrogen-bond donors (Lipinski definition) is 1. The molecular formula is C21H19ClFN3O3S2. The van der Waals surface area contributed by atoms with Crippen LogP contribution in [0.15, 0.2) is 58.8 Å². The predicted molar refractivity (Wildman–Crippen MR) is 119 cm³/mol. The van der Waals surface area contributed by atoms with Crippen LogP contribution in [-0.4, -0.2) is 36.7 Å². The average Bonchev–Trinajstić information content (AvgIpc) is 3.24. The number of thiazole rings is 1. The summed E-state index contributed by atoms with van der Waals surface area (Å²) in [6, 6.07) is 13.0. The van der Waals surface area contributed by atoms with Crippen molar-refractivity contribution < 1.29 is 17.6 Å². The monoisotopic (exact) mass is 479 g/mol. The van der Waals surface area contributed by atoms with Gasteiger partial charge in [0.25, 0.3) is 0 Å². The molecule has 162 valence electrons. The molecule has 2 heterocycles. The molecule has 1 aromatic heterocycles. The Bertz CT molecular complexity index is 1190. The van der Waals surface area contributed by atoms with Crippen LogP contribution < -0.4 is 5.32 Å². The van der Waals surface area contributed by atoms with Crippen LogP contribution in [0.5, 0.6) is 0 Å². The number of rotatable bonds is 5. The summed E-state index contributed by atoms with van der Waals surface area (Å²) in [6.45, 7) is 0.394. The SMILES string of the molecule is O=C(Nc1nc(-c2ccccc2)cs1)C1CCN(S(=O)(=O)c2ccc(F)c(Cl)c2)CC1. The number of nitrogens with zero attached hydrogens (tertiary/aromatic N) is 2. The van der Waals surface area contributed by atoms with E-state index in [2.05, 4.69) is 10.3 Å². The van der Waals surface area contributed by atoms with E-state index in [1.807, 2.05) is 35.7 Å². The van der Waals surface area contributed by atoms with Crippen molar-refractivity contribution in [2.24, 2.45) is 5.92 Å². The van der Waals surface area contributed by atoms with Gasteiger partial charge in [-0.05, 0) is 31.0 Å². The van der Waals surface area contributed by atoms with Crippen LogP contribution in [0, 0.1) is 11.7 Å². The highest BCUT2D eigenvalue weighted by molar-refractivity contribution is 7.89. The van der Waals surface area contributed by atoms with E-state index in [-0.39, 0.29) is 34.8 Å². The van der Waals surface area contributed by atoms with E-state index in [4.69, 9.17) is 11.6 Å². The van der Waals surface area contributed by atoms with E-state index in [1.54, 1.807) is 0 Å². The van der Waals surface area contributed by atoms with E-state index in [0.717, 1.165) is 23.4 Å². The van der Waals surface area contributed by atoms with Crippen molar-refractivity contribution in [3.05, 3.63) is 64.8 Å². The van der Waals surface area contributed by atoms with Crippen LogP contribution in [-0.2, 0) is 14.8 Å². The van der Waals surface area contributed by atoms with E-state index in [0.29, 0.717) is 18.0 Å². The van der Waals surface area contributed by atoms with Crippen LogP contribution in [0.4, 0.5) is 9.52 Å². The minimum atomic E-state index is -3.80. The van der Waals surface area contributed by atoms with E-state index in [9.17, 15) is 17.6 Å². The van der Waals surface area contributed by atoms with Gasteiger partial charge in [-0.3, -0.25) is 4.79 Å². The molecule has 1 N–H and O–H groups in total. The molecule has 0 saturated carbocycles. The maximum absolute atomic E-state index is 13.4. The number of piperidine rings is 1. The van der Waals surface area contributed by atoms with Crippen LogP contribution in [0.3, 0.4) is 0 Å². The van der Waals surface area contributed by atoms with Gasteiger partial charge in [-0.15, -0.1) is 11.3 Å². The molecule has 10 heteroatoms. The molecule has 1 fully saturated rings. The summed E-state index contributed by atoms with van der Waals surface area (Å²) in [5, 5.41) is 5.00. The summed E-state index contributed by atoms with van der Waals surface area (Å²) in [5.74, 6) is -1.16. The standard InChI is InChI=1S/C21H19ClFN3O3S2/c22-17-12-16(6-7-18(17)23)31(28,29)26-10-8-15(9-11-26)20(27)25-21-24-19(13-30-21)14-4-2-1-3-5-14/h1-7,12-13,15H,8-11H2,(H,24,25,27). The van der Waals surface area contributed by atoms with Gasteiger partial charge in [-0.2, -0.15) is 4.31 Å². The van der Waals surface area contributed by atoms with E-state index in [1.165, 1.54) is 21.7 Å². The second-order valence-corrected chi connectivity index (χ2v) is 10.4.